The van der Waals surface area contributed by atoms with Gasteiger partial charge in [0.25, 0.3) is 0 Å². The highest BCUT2D eigenvalue weighted by atomic mass is 31.2. The predicted octanol–water partition coefficient (Wildman–Crippen LogP) is -3.17. The minimum absolute atomic E-state index is 0.00901. The highest BCUT2D eigenvalue weighted by Crippen LogP contribution is 2.40. The summed E-state index contributed by atoms with van der Waals surface area (Å²) in [6.07, 6.45) is 6.73. The molecule has 27 nitrogen and oxygen atoms in total. The van der Waals surface area contributed by atoms with Crippen LogP contribution in [0.1, 0.15) is 26.2 Å². The van der Waals surface area contributed by atoms with Crippen molar-refractivity contribution in [3.63, 3.8) is 0 Å². The van der Waals surface area contributed by atoms with E-state index < -0.39 is 46.1 Å². The first-order chi connectivity index (χ1) is 34.9. The number of hydrogen-bond acceptors (Lipinski definition) is 25. The predicted molar refractivity (Wildman–Crippen MR) is 258 cm³/mol. The molecule has 4 atom stereocenters. The lowest BCUT2D eigenvalue weighted by Crippen LogP contribution is -2.36. The highest BCUT2D eigenvalue weighted by molar-refractivity contribution is 7.57. The van der Waals surface area contributed by atoms with Crippen molar-refractivity contribution in [1.82, 2.24) is 10.6 Å². The topological polar surface area (TPSA) is 342 Å². The Kier molecular flexibility index (Phi) is 50.7. The number of carbonyl (C=O) groups excluding carboxylic acids is 2. The summed E-state index contributed by atoms with van der Waals surface area (Å²) < 4.78 is 92.5. The van der Waals surface area contributed by atoms with Crippen LogP contribution in [-0.2, 0) is 89.3 Å². The van der Waals surface area contributed by atoms with Crippen LogP contribution in [0.4, 0.5) is 0 Å². The molecule has 0 aromatic carbocycles. The van der Waals surface area contributed by atoms with E-state index in [1.54, 1.807) is 0 Å². The van der Waals surface area contributed by atoms with E-state index in [-0.39, 0.29) is 210 Å². The van der Waals surface area contributed by atoms with Gasteiger partial charge in [0.2, 0.25) is 11.8 Å². The molecule has 430 valence electrons. The van der Waals surface area contributed by atoms with E-state index in [1.165, 1.54) is 0 Å². The standard InChI is InChI=1S/C43H86N2O25P2/c1-4-5-7-44-42(50)6-8-45-43(51)37-66-39(32-60-24-19-58-28-30-68-72(3,53)70-41(36-64-25-26-65-38-49)35-63-22-17-56-14-11-48)31-59-23-18-57-27-29-67-71(2,52)69-40(33-61-20-15-54-12-9-46)34-62-21-16-55-13-10-47/h39-41,46-49H,2-38H2,1H3,(H2-2,44,45,50,51,52,53)/q-2. The van der Waals surface area contributed by atoms with Crippen LogP contribution in [0.15, 0.2) is 0 Å². The van der Waals surface area contributed by atoms with E-state index in [0.29, 0.717) is 6.54 Å². The summed E-state index contributed by atoms with van der Waals surface area (Å²) in [4.78, 5) is 50.4. The van der Waals surface area contributed by atoms with Crippen molar-refractivity contribution >= 4 is 39.5 Å². The average molecular weight is 1090 g/mol. The second-order valence-corrected chi connectivity index (χ2v) is 18.2. The maximum atomic E-state index is 13.0. The Morgan fingerprint density at radius 2 is 0.792 bits per heavy atom. The molecule has 0 aromatic rings. The lowest BCUT2D eigenvalue weighted by molar-refractivity contribution is -0.217. The second kappa shape index (κ2) is 51.7. The lowest BCUT2D eigenvalue weighted by atomic mass is 10.3. The van der Waals surface area contributed by atoms with Gasteiger partial charge in [-0.05, 0) is 6.42 Å². The first-order valence-corrected chi connectivity index (χ1v) is 27.4. The van der Waals surface area contributed by atoms with Crippen molar-refractivity contribution in [1.29, 1.82) is 0 Å². The summed E-state index contributed by atoms with van der Waals surface area (Å²) >= 11 is 0. The molecule has 0 heterocycles. The lowest BCUT2D eigenvalue weighted by Gasteiger charge is -2.34. The minimum Gasteiger partial charge on any atom is -0.789 e. The Balaban J connectivity index is 4.90. The van der Waals surface area contributed by atoms with Crippen molar-refractivity contribution in [3.05, 3.63) is 0 Å². The fourth-order valence-electron chi connectivity index (χ4n) is 5.17. The molecular formula is C43H86N2O25P2-2. The fourth-order valence-corrected chi connectivity index (χ4v) is 7.14. The van der Waals surface area contributed by atoms with E-state index in [4.69, 9.17) is 100 Å². The van der Waals surface area contributed by atoms with Gasteiger partial charge in [-0.3, -0.25) is 9.59 Å². The molecule has 0 bridgehead atoms. The Hall–Kier alpha value is -1.38. The van der Waals surface area contributed by atoms with Gasteiger partial charge in [-0.25, -0.2) is 0 Å². The number of hydrogen-bond donors (Lipinski definition) is 6. The molecule has 0 aliphatic carbocycles. The van der Waals surface area contributed by atoms with Crippen LogP contribution < -0.4 is 20.4 Å². The summed E-state index contributed by atoms with van der Waals surface area (Å²) in [6.45, 7) is 3.81. The molecule has 0 saturated heterocycles. The van der Waals surface area contributed by atoms with Crippen LogP contribution in [-0.4, -0.2) is 275 Å². The molecule has 0 spiro atoms. The molecule has 0 aliphatic heterocycles. The number of ether oxygens (including phenoxy) is 13. The van der Waals surface area contributed by atoms with Crippen LogP contribution in [0, 0.1) is 0 Å². The number of carbonyl (C=O) groups is 2. The molecule has 0 aliphatic rings. The zero-order valence-electron chi connectivity index (χ0n) is 42.2. The fraction of sp³-hybridized carbons (Fsp3) is 0.907. The SMILES string of the molecule is C=P([O-])(OCCOCCOCC(COCCOCCOP(=C)([O-])OC(COCCOCCO)COCCOCCO)OCC(=O)NCCC(=O)NCCCC)OC(COCCOCO)COCCOCCO. The number of amides is 2. The van der Waals surface area contributed by atoms with Gasteiger partial charge in [0.05, 0.1) is 185 Å². The van der Waals surface area contributed by atoms with Crippen molar-refractivity contribution in [2.75, 3.05) is 211 Å². The maximum Gasteiger partial charge on any atom is 0.246 e. The molecule has 29 heteroatoms. The van der Waals surface area contributed by atoms with Crippen LogP contribution in [0.3, 0.4) is 0 Å². The largest absolute Gasteiger partial charge is 0.789 e. The monoisotopic (exact) mass is 1090 g/mol. The van der Waals surface area contributed by atoms with Gasteiger partial charge in [0.1, 0.15) is 31.7 Å². The molecule has 0 saturated carbocycles. The van der Waals surface area contributed by atoms with Crippen LogP contribution in [0.5, 0.6) is 0 Å². The van der Waals surface area contributed by atoms with Gasteiger partial charge in [0, 0.05) is 34.6 Å². The minimum atomic E-state index is -3.83. The molecule has 0 fully saturated rings. The van der Waals surface area contributed by atoms with Gasteiger partial charge in [-0.15, -0.1) is 0 Å². The average Bonchev–Trinajstić information content (AvgIpc) is 3.34. The number of nitrogens with one attached hydrogen (secondary N) is 2. The van der Waals surface area contributed by atoms with Gasteiger partial charge in [0.15, 0.2) is 0 Å². The molecule has 4 unspecified atom stereocenters. The van der Waals surface area contributed by atoms with E-state index in [0.717, 1.165) is 12.8 Å². The van der Waals surface area contributed by atoms with E-state index in [1.807, 2.05) is 6.92 Å². The molecule has 72 heavy (non-hydrogen) atoms. The molecular weight excluding hydrogens is 1010 g/mol. The zero-order valence-corrected chi connectivity index (χ0v) is 43.9. The third-order valence-electron chi connectivity index (χ3n) is 8.48. The Morgan fingerprint density at radius 1 is 0.458 bits per heavy atom. The molecule has 0 radical (unpaired) electrons. The maximum absolute atomic E-state index is 13.0. The number of rotatable bonds is 58. The van der Waals surface area contributed by atoms with Crippen LogP contribution in [0.25, 0.3) is 0 Å². The van der Waals surface area contributed by atoms with E-state index in [2.05, 4.69) is 23.2 Å². The third-order valence-corrected chi connectivity index (χ3v) is 10.9. The van der Waals surface area contributed by atoms with Crippen molar-refractivity contribution < 1.29 is 119 Å². The summed E-state index contributed by atoms with van der Waals surface area (Å²) in [5, 5.41) is 40.7. The summed E-state index contributed by atoms with van der Waals surface area (Å²) in [6, 6.07) is 0. The van der Waals surface area contributed by atoms with E-state index in [9.17, 15) is 19.4 Å². The number of aliphatic hydroxyl groups excluding tert-OH is 4. The quantitative estimate of drug-likeness (QED) is 0.0199. The third kappa shape index (κ3) is 49.5. The highest BCUT2D eigenvalue weighted by Gasteiger charge is 2.18. The summed E-state index contributed by atoms with van der Waals surface area (Å²) in [5.74, 6) is -0.606. The van der Waals surface area contributed by atoms with Crippen LogP contribution >= 0.6 is 15.1 Å². The van der Waals surface area contributed by atoms with E-state index >= 15 is 0 Å². The van der Waals surface area contributed by atoms with Crippen molar-refractivity contribution in [2.45, 2.75) is 44.5 Å². The first kappa shape index (κ1) is 70.6. The first-order valence-electron chi connectivity index (χ1n) is 24.0. The Bertz CT molecular complexity index is 1300. The number of unbranched alkanes of at least 4 members (excludes halogenated alkanes) is 1. The molecule has 2 amide bonds. The summed E-state index contributed by atoms with van der Waals surface area (Å²) in [7, 11) is -7.66. The van der Waals surface area contributed by atoms with Crippen molar-refractivity contribution in [2.24, 2.45) is 0 Å². The van der Waals surface area contributed by atoms with Crippen LogP contribution in [0.2, 0.25) is 0 Å². The number of aliphatic hydroxyl groups is 4. The molecule has 6 N–H and O–H groups in total. The Morgan fingerprint density at radius 3 is 1.17 bits per heavy atom. The smallest absolute Gasteiger partial charge is 0.246 e. The normalized spacial score (nSPS) is 14.3. The molecule has 0 rings (SSSR count). The van der Waals surface area contributed by atoms with Crippen molar-refractivity contribution in [3.8, 4) is 0 Å². The second-order valence-electron chi connectivity index (χ2n) is 14.8. The van der Waals surface area contributed by atoms with Gasteiger partial charge < -0.3 is 121 Å². The zero-order chi connectivity index (χ0) is 53.1. The molecule has 0 aromatic heterocycles. The van der Waals surface area contributed by atoms with Gasteiger partial charge >= 0.3 is 0 Å². The summed E-state index contributed by atoms with van der Waals surface area (Å²) in [5.41, 5.74) is 0. The Labute approximate surface area is 424 Å². The van der Waals surface area contributed by atoms with Gasteiger partial charge in [-0.1, -0.05) is 25.9 Å². The van der Waals surface area contributed by atoms with Gasteiger partial charge in [-0.2, -0.15) is 0 Å².